The Morgan fingerprint density at radius 3 is 2.64 bits per heavy atom. The minimum absolute atomic E-state index is 0.911. The predicted octanol–water partition coefficient (Wildman–Crippen LogP) is 2.74. The fourth-order valence-corrected chi connectivity index (χ4v) is 1.92. The highest BCUT2D eigenvalue weighted by Gasteiger charge is 2.26. The molecule has 2 nitrogen and oxygen atoms in total. The number of pyridine rings is 1. The topological polar surface area (TPSA) is 22.1 Å². The first-order valence-electron chi connectivity index (χ1n) is 4.54. The number of methoxy groups -OCH3 is 1. The zero-order chi connectivity index (χ0) is 9.54. The van der Waals surface area contributed by atoms with Gasteiger partial charge in [-0.25, -0.2) is 0 Å². The number of ether oxygens (including phenoxy) is 1. The number of benzene rings is 1. The van der Waals surface area contributed by atoms with Crippen molar-refractivity contribution in [3.8, 4) is 28.1 Å². The van der Waals surface area contributed by atoms with Crippen molar-refractivity contribution in [3.05, 3.63) is 36.5 Å². The molecule has 0 unspecified atom stereocenters. The van der Waals surface area contributed by atoms with Crippen molar-refractivity contribution >= 4 is 0 Å². The van der Waals surface area contributed by atoms with E-state index in [0.29, 0.717) is 0 Å². The van der Waals surface area contributed by atoms with E-state index in [-0.39, 0.29) is 0 Å². The summed E-state index contributed by atoms with van der Waals surface area (Å²) in [7, 11) is 1.69. The van der Waals surface area contributed by atoms with Crippen molar-refractivity contribution in [2.45, 2.75) is 0 Å². The lowest BCUT2D eigenvalue weighted by molar-refractivity contribution is 0.415. The van der Waals surface area contributed by atoms with Crippen LogP contribution in [0.3, 0.4) is 0 Å². The van der Waals surface area contributed by atoms with Gasteiger partial charge in [-0.15, -0.1) is 0 Å². The fraction of sp³-hybridized carbons (Fsp3) is 0.0833. The van der Waals surface area contributed by atoms with E-state index in [0.717, 1.165) is 17.0 Å². The lowest BCUT2D eigenvalue weighted by atomic mass is 9.84. The molecule has 14 heavy (non-hydrogen) atoms. The quantitative estimate of drug-likeness (QED) is 0.578. The molecule has 2 aromatic rings. The Balaban J connectivity index is 2.28. The van der Waals surface area contributed by atoms with Gasteiger partial charge in [0.1, 0.15) is 5.75 Å². The van der Waals surface area contributed by atoms with Crippen LogP contribution in [-0.2, 0) is 0 Å². The highest BCUT2D eigenvalue weighted by Crippen LogP contribution is 2.49. The van der Waals surface area contributed by atoms with Crippen LogP contribution >= 0.6 is 0 Å². The van der Waals surface area contributed by atoms with Gasteiger partial charge in [0.25, 0.3) is 0 Å². The lowest BCUT2D eigenvalue weighted by Gasteiger charge is -2.23. The van der Waals surface area contributed by atoms with Crippen molar-refractivity contribution in [2.24, 2.45) is 0 Å². The summed E-state index contributed by atoms with van der Waals surface area (Å²) in [6.45, 7) is 0. The molecule has 68 valence electrons. The number of rotatable bonds is 1. The van der Waals surface area contributed by atoms with Gasteiger partial charge >= 0.3 is 0 Å². The van der Waals surface area contributed by atoms with Gasteiger partial charge in [0.2, 0.25) is 0 Å². The van der Waals surface area contributed by atoms with Gasteiger partial charge in [0.15, 0.2) is 0 Å². The average Bonchev–Trinajstić information content (AvgIpc) is 2.24. The van der Waals surface area contributed by atoms with E-state index in [1.807, 2.05) is 18.2 Å². The maximum absolute atomic E-state index is 5.29. The first-order chi connectivity index (χ1) is 6.92. The highest BCUT2D eigenvalue weighted by atomic mass is 16.5. The molecule has 1 aliphatic carbocycles. The standard InChI is InChI=1S/C12H9NO/c1-14-10-6-7-13-12-9-5-3-2-4-8(9)11(10)12/h2-7H,1H3. The highest BCUT2D eigenvalue weighted by molar-refractivity contribution is 6.02. The third kappa shape index (κ3) is 0.777. The molecule has 0 atom stereocenters. The third-order valence-corrected chi connectivity index (χ3v) is 2.58. The van der Waals surface area contributed by atoms with Gasteiger partial charge in [-0.1, -0.05) is 24.3 Å². The van der Waals surface area contributed by atoms with Crippen LogP contribution in [0.4, 0.5) is 0 Å². The molecule has 1 aliphatic rings. The molecule has 2 heteroatoms. The Morgan fingerprint density at radius 1 is 1.07 bits per heavy atom. The Bertz CT molecular complexity index is 505. The molecule has 1 heterocycles. The summed E-state index contributed by atoms with van der Waals surface area (Å²) in [5.41, 5.74) is 4.67. The summed E-state index contributed by atoms with van der Waals surface area (Å²) in [5.74, 6) is 0.911. The lowest BCUT2D eigenvalue weighted by Crippen LogP contribution is -2.03. The molecule has 0 N–H and O–H groups in total. The van der Waals surface area contributed by atoms with Crippen LogP contribution < -0.4 is 4.74 Å². The van der Waals surface area contributed by atoms with Crippen molar-refractivity contribution < 1.29 is 4.74 Å². The largest absolute Gasteiger partial charge is 0.496 e. The number of hydrogen-bond acceptors (Lipinski definition) is 2. The summed E-state index contributed by atoms with van der Waals surface area (Å²) in [4.78, 5) is 4.34. The van der Waals surface area contributed by atoms with Gasteiger partial charge < -0.3 is 4.74 Å². The van der Waals surface area contributed by atoms with E-state index < -0.39 is 0 Å². The van der Waals surface area contributed by atoms with E-state index in [4.69, 9.17) is 4.74 Å². The van der Waals surface area contributed by atoms with Crippen molar-refractivity contribution in [1.82, 2.24) is 4.98 Å². The molecule has 1 aromatic heterocycles. The zero-order valence-electron chi connectivity index (χ0n) is 7.82. The monoisotopic (exact) mass is 183 g/mol. The number of fused-ring (bicyclic) bond motifs is 4. The molecule has 0 radical (unpaired) electrons. The summed E-state index contributed by atoms with van der Waals surface area (Å²) >= 11 is 0. The summed E-state index contributed by atoms with van der Waals surface area (Å²) in [6, 6.07) is 10.2. The molecule has 0 bridgehead atoms. The molecule has 0 aliphatic heterocycles. The van der Waals surface area contributed by atoms with E-state index in [1.165, 1.54) is 11.1 Å². The Morgan fingerprint density at radius 2 is 1.86 bits per heavy atom. The van der Waals surface area contributed by atoms with Gasteiger partial charge in [-0.05, 0) is 11.6 Å². The van der Waals surface area contributed by atoms with Crippen molar-refractivity contribution in [1.29, 1.82) is 0 Å². The molecule has 0 fully saturated rings. The molecule has 0 saturated carbocycles. The SMILES string of the molecule is COc1ccnc2c1-c1ccccc1-2. The molecule has 3 rings (SSSR count). The summed E-state index contributed by atoms with van der Waals surface area (Å²) in [6.07, 6.45) is 1.79. The van der Waals surface area contributed by atoms with Crippen LogP contribution in [0.1, 0.15) is 0 Å². The Hall–Kier alpha value is -1.83. The first kappa shape index (κ1) is 7.56. The minimum Gasteiger partial charge on any atom is -0.496 e. The van der Waals surface area contributed by atoms with E-state index >= 15 is 0 Å². The number of hydrogen-bond donors (Lipinski definition) is 0. The van der Waals surface area contributed by atoms with Gasteiger partial charge in [-0.3, -0.25) is 4.98 Å². The van der Waals surface area contributed by atoms with Crippen LogP contribution in [-0.4, -0.2) is 12.1 Å². The molecule has 1 aromatic carbocycles. The zero-order valence-corrected chi connectivity index (χ0v) is 7.82. The second-order valence-corrected chi connectivity index (χ2v) is 3.28. The number of nitrogens with zero attached hydrogens (tertiary/aromatic N) is 1. The van der Waals surface area contributed by atoms with Crippen molar-refractivity contribution in [3.63, 3.8) is 0 Å². The van der Waals surface area contributed by atoms with Crippen LogP contribution in [0.15, 0.2) is 36.5 Å². The smallest absolute Gasteiger partial charge is 0.130 e. The predicted molar refractivity (Wildman–Crippen MR) is 55.2 cm³/mol. The third-order valence-electron chi connectivity index (χ3n) is 2.58. The second kappa shape index (κ2) is 2.58. The first-order valence-corrected chi connectivity index (χ1v) is 4.54. The fourth-order valence-electron chi connectivity index (χ4n) is 1.92. The molecular weight excluding hydrogens is 174 g/mol. The number of aromatic nitrogens is 1. The van der Waals surface area contributed by atoms with Gasteiger partial charge in [0.05, 0.1) is 18.4 Å². The molecule has 0 amide bonds. The second-order valence-electron chi connectivity index (χ2n) is 3.28. The summed E-state index contributed by atoms with van der Waals surface area (Å²) in [5, 5.41) is 0. The normalized spacial score (nSPS) is 11.2. The Kier molecular flexibility index (Phi) is 1.39. The van der Waals surface area contributed by atoms with E-state index in [1.54, 1.807) is 13.3 Å². The van der Waals surface area contributed by atoms with E-state index in [9.17, 15) is 0 Å². The summed E-state index contributed by atoms with van der Waals surface area (Å²) < 4.78 is 5.29. The van der Waals surface area contributed by atoms with Gasteiger partial charge in [0, 0.05) is 11.8 Å². The van der Waals surface area contributed by atoms with Crippen LogP contribution in [0.2, 0.25) is 0 Å². The van der Waals surface area contributed by atoms with Crippen LogP contribution in [0.5, 0.6) is 5.75 Å². The maximum atomic E-state index is 5.29. The van der Waals surface area contributed by atoms with Gasteiger partial charge in [-0.2, -0.15) is 0 Å². The van der Waals surface area contributed by atoms with Crippen LogP contribution in [0.25, 0.3) is 22.4 Å². The van der Waals surface area contributed by atoms with Crippen molar-refractivity contribution in [2.75, 3.05) is 7.11 Å². The van der Waals surface area contributed by atoms with E-state index in [2.05, 4.69) is 17.1 Å². The molecule has 0 saturated heterocycles. The minimum atomic E-state index is 0.911. The molecule has 0 spiro atoms. The average molecular weight is 183 g/mol. The Labute approximate surface area is 82.2 Å². The van der Waals surface area contributed by atoms with Crippen LogP contribution in [0, 0.1) is 0 Å². The molecular formula is C12H9NO. The maximum Gasteiger partial charge on any atom is 0.130 e.